The number of hydrogen-bond donors (Lipinski definition) is 3. The number of hydrogen-bond acceptors (Lipinski definition) is 4. The molecule has 1 amide bonds. The summed E-state index contributed by atoms with van der Waals surface area (Å²) in [5.41, 5.74) is 2.37. The lowest BCUT2D eigenvalue weighted by Gasteiger charge is -2.22. The van der Waals surface area contributed by atoms with Crippen molar-refractivity contribution in [3.8, 4) is 5.75 Å². The Morgan fingerprint density at radius 2 is 2.06 bits per heavy atom. The Labute approximate surface area is 186 Å². The van der Waals surface area contributed by atoms with Crippen molar-refractivity contribution in [2.75, 3.05) is 29.9 Å². The minimum Gasteiger partial charge on any atom is -0.433 e. The average Bonchev–Trinajstić information content (AvgIpc) is 3.20. The molecule has 1 unspecified atom stereocenters. The van der Waals surface area contributed by atoms with Gasteiger partial charge in [-0.05, 0) is 43.2 Å². The number of nitrogens with one attached hydrogen (secondary N) is 3. The van der Waals surface area contributed by atoms with Gasteiger partial charge in [-0.3, -0.25) is 4.79 Å². The van der Waals surface area contributed by atoms with Gasteiger partial charge in [-0.2, -0.15) is 8.78 Å². The molecule has 1 aliphatic rings. The van der Waals surface area contributed by atoms with Crippen LogP contribution in [0, 0.1) is 0 Å². The molecule has 2 aromatic carbocycles. The highest BCUT2D eigenvalue weighted by Gasteiger charge is 2.26. The molecule has 0 aromatic heterocycles. The summed E-state index contributed by atoms with van der Waals surface area (Å²) >= 11 is 0. The summed E-state index contributed by atoms with van der Waals surface area (Å²) in [5.74, 6) is 0.746. The highest BCUT2D eigenvalue weighted by molar-refractivity contribution is 5.88. The van der Waals surface area contributed by atoms with E-state index < -0.39 is 6.61 Å². The molecular formula is C23H29F2N5O2. The second-order valence-corrected chi connectivity index (χ2v) is 7.50. The average molecular weight is 446 g/mol. The summed E-state index contributed by atoms with van der Waals surface area (Å²) < 4.78 is 30.1. The molecule has 1 saturated heterocycles. The summed E-state index contributed by atoms with van der Waals surface area (Å²) in [6.45, 7) is 3.13. The van der Waals surface area contributed by atoms with E-state index in [1.165, 1.54) is 6.92 Å². The Morgan fingerprint density at radius 3 is 2.81 bits per heavy atom. The number of carbonyl (C=O) groups is 1. The van der Waals surface area contributed by atoms with Gasteiger partial charge in [-0.1, -0.05) is 24.3 Å². The zero-order valence-electron chi connectivity index (χ0n) is 18.3. The van der Waals surface area contributed by atoms with Gasteiger partial charge >= 0.3 is 6.61 Å². The molecule has 1 fully saturated rings. The highest BCUT2D eigenvalue weighted by atomic mass is 19.3. The Morgan fingerprint density at radius 1 is 1.25 bits per heavy atom. The van der Waals surface area contributed by atoms with Crippen molar-refractivity contribution in [3.63, 3.8) is 0 Å². The van der Waals surface area contributed by atoms with E-state index in [4.69, 9.17) is 0 Å². The van der Waals surface area contributed by atoms with E-state index in [9.17, 15) is 13.6 Å². The van der Waals surface area contributed by atoms with Crippen molar-refractivity contribution in [2.45, 2.75) is 39.5 Å². The maximum atomic E-state index is 12.7. The minimum absolute atomic E-state index is 0.109. The molecule has 1 heterocycles. The van der Waals surface area contributed by atoms with Crippen LogP contribution in [-0.2, 0) is 11.3 Å². The number of alkyl halides is 2. The van der Waals surface area contributed by atoms with Crippen molar-refractivity contribution < 1.29 is 18.3 Å². The fraction of sp³-hybridized carbons (Fsp3) is 0.391. The standard InChI is InChI=1S/C23H29F2N5O2/c1-3-26-23(27-14-17-7-6-8-18(13-17)28-16(2)31)29-19-11-12-30(15-19)20-9-4-5-10-21(20)32-22(24)25/h4-10,13,19,22H,3,11-12,14-15H2,1-2H3,(H,28,31)(H2,26,27,29). The summed E-state index contributed by atoms with van der Waals surface area (Å²) in [6.07, 6.45) is 0.839. The first kappa shape index (κ1) is 23.3. The van der Waals surface area contributed by atoms with Gasteiger partial charge in [0.1, 0.15) is 5.75 Å². The van der Waals surface area contributed by atoms with Crippen LogP contribution in [0.25, 0.3) is 0 Å². The molecule has 0 aliphatic carbocycles. The van der Waals surface area contributed by atoms with E-state index in [2.05, 4.69) is 25.7 Å². The number of rotatable bonds is 8. The minimum atomic E-state index is -2.86. The van der Waals surface area contributed by atoms with E-state index in [0.29, 0.717) is 31.3 Å². The molecule has 7 nitrogen and oxygen atoms in total. The monoisotopic (exact) mass is 445 g/mol. The molecule has 2 aromatic rings. The molecule has 32 heavy (non-hydrogen) atoms. The smallest absolute Gasteiger partial charge is 0.387 e. The number of guanidine groups is 1. The predicted octanol–water partition coefficient (Wildman–Crippen LogP) is 3.58. The van der Waals surface area contributed by atoms with Gasteiger partial charge in [0.2, 0.25) is 5.91 Å². The van der Waals surface area contributed by atoms with Crippen LogP contribution in [0.2, 0.25) is 0 Å². The van der Waals surface area contributed by atoms with Crippen LogP contribution in [0.3, 0.4) is 0 Å². The third kappa shape index (κ3) is 6.83. The normalized spacial score (nSPS) is 16.2. The lowest BCUT2D eigenvalue weighted by atomic mass is 10.2. The second kappa shape index (κ2) is 11.3. The number of nitrogens with zero attached hydrogens (tertiary/aromatic N) is 2. The van der Waals surface area contributed by atoms with Crippen molar-refractivity contribution in [3.05, 3.63) is 54.1 Å². The first-order valence-electron chi connectivity index (χ1n) is 10.6. The Hall–Kier alpha value is -3.36. The summed E-state index contributed by atoms with van der Waals surface area (Å²) in [7, 11) is 0. The number of halogens is 2. The van der Waals surface area contributed by atoms with Gasteiger partial charge in [0, 0.05) is 38.3 Å². The molecular weight excluding hydrogens is 416 g/mol. The number of carbonyl (C=O) groups excluding carboxylic acids is 1. The Bertz CT molecular complexity index is 938. The van der Waals surface area contributed by atoms with Crippen LogP contribution in [0.15, 0.2) is 53.5 Å². The van der Waals surface area contributed by atoms with Crippen LogP contribution in [0.4, 0.5) is 20.2 Å². The topological polar surface area (TPSA) is 78.0 Å². The summed E-state index contributed by atoms with van der Waals surface area (Å²) in [6, 6.07) is 14.5. The number of aliphatic imine (C=N–C) groups is 1. The molecule has 9 heteroatoms. The fourth-order valence-corrected chi connectivity index (χ4v) is 3.65. The van der Waals surface area contributed by atoms with E-state index in [0.717, 1.165) is 24.2 Å². The van der Waals surface area contributed by atoms with Crippen molar-refractivity contribution in [1.82, 2.24) is 10.6 Å². The SMILES string of the molecule is CCNC(=NCc1cccc(NC(C)=O)c1)NC1CCN(c2ccccc2OC(F)F)C1. The zero-order valence-corrected chi connectivity index (χ0v) is 18.3. The predicted molar refractivity (Wildman–Crippen MR) is 122 cm³/mol. The largest absolute Gasteiger partial charge is 0.433 e. The highest BCUT2D eigenvalue weighted by Crippen LogP contribution is 2.31. The molecule has 0 radical (unpaired) electrons. The van der Waals surface area contributed by atoms with Crippen molar-refractivity contribution in [2.24, 2.45) is 4.99 Å². The molecule has 1 aliphatic heterocycles. The van der Waals surface area contributed by atoms with Crippen molar-refractivity contribution in [1.29, 1.82) is 0 Å². The second-order valence-electron chi connectivity index (χ2n) is 7.50. The molecule has 1 atom stereocenters. The molecule has 0 bridgehead atoms. The summed E-state index contributed by atoms with van der Waals surface area (Å²) in [5, 5.41) is 9.45. The molecule has 172 valence electrons. The third-order valence-corrected chi connectivity index (χ3v) is 4.96. The number of ether oxygens (including phenoxy) is 1. The van der Waals surface area contributed by atoms with Gasteiger partial charge in [0.05, 0.1) is 12.2 Å². The number of anilines is 2. The first-order valence-corrected chi connectivity index (χ1v) is 10.6. The van der Waals surface area contributed by atoms with Crippen molar-refractivity contribution >= 4 is 23.2 Å². The van der Waals surface area contributed by atoms with Crippen LogP contribution < -0.4 is 25.6 Å². The Kier molecular flexibility index (Phi) is 8.24. The maximum Gasteiger partial charge on any atom is 0.387 e. The van der Waals surface area contributed by atoms with E-state index >= 15 is 0 Å². The number of para-hydroxylation sites is 2. The summed E-state index contributed by atoms with van der Waals surface area (Å²) in [4.78, 5) is 18.0. The Balaban J connectivity index is 1.63. The molecule has 3 N–H and O–H groups in total. The third-order valence-electron chi connectivity index (χ3n) is 4.96. The number of amides is 1. The van der Waals surface area contributed by atoms with Gasteiger partial charge in [-0.15, -0.1) is 0 Å². The lowest BCUT2D eigenvalue weighted by Crippen LogP contribution is -2.44. The van der Waals surface area contributed by atoms with Gasteiger partial charge in [-0.25, -0.2) is 4.99 Å². The molecule has 3 rings (SSSR count). The van der Waals surface area contributed by atoms with E-state index in [-0.39, 0.29) is 17.7 Å². The van der Waals surface area contributed by atoms with E-state index in [1.807, 2.05) is 42.2 Å². The number of benzene rings is 2. The van der Waals surface area contributed by atoms with Gasteiger partial charge < -0.3 is 25.6 Å². The quantitative estimate of drug-likeness (QED) is 0.428. The van der Waals surface area contributed by atoms with Crippen LogP contribution >= 0.6 is 0 Å². The fourth-order valence-electron chi connectivity index (χ4n) is 3.65. The van der Waals surface area contributed by atoms with Crippen LogP contribution in [0.1, 0.15) is 25.8 Å². The zero-order chi connectivity index (χ0) is 22.9. The maximum absolute atomic E-state index is 12.7. The van der Waals surface area contributed by atoms with Gasteiger partial charge in [0.15, 0.2) is 5.96 Å². The lowest BCUT2D eigenvalue weighted by molar-refractivity contribution is -0.114. The molecule has 0 saturated carbocycles. The van der Waals surface area contributed by atoms with Crippen LogP contribution in [0.5, 0.6) is 5.75 Å². The van der Waals surface area contributed by atoms with Gasteiger partial charge in [0.25, 0.3) is 0 Å². The molecule has 0 spiro atoms. The first-order chi connectivity index (χ1) is 15.4. The van der Waals surface area contributed by atoms with Crippen LogP contribution in [-0.4, -0.2) is 44.2 Å². The van der Waals surface area contributed by atoms with E-state index in [1.54, 1.807) is 18.2 Å².